The van der Waals surface area contributed by atoms with Crippen LogP contribution in [0.1, 0.15) is 45.0 Å². The largest absolute Gasteiger partial charge is 0.329 e. The van der Waals surface area contributed by atoms with E-state index in [4.69, 9.17) is 5.73 Å². The Kier molecular flexibility index (Phi) is 5.95. The van der Waals surface area contributed by atoms with Crippen LogP contribution in [0, 0.1) is 12.8 Å². The second kappa shape index (κ2) is 7.01. The molecule has 0 aliphatic heterocycles. The third kappa shape index (κ3) is 4.92. The number of hydrogen-bond acceptors (Lipinski definition) is 3. The van der Waals surface area contributed by atoms with Crippen LogP contribution in [0.2, 0.25) is 0 Å². The van der Waals surface area contributed by atoms with E-state index in [0.29, 0.717) is 6.54 Å². The summed E-state index contributed by atoms with van der Waals surface area (Å²) in [7, 11) is 2.15. The zero-order valence-electron chi connectivity index (χ0n) is 13.1. The third-order valence-electron chi connectivity index (χ3n) is 3.97. The highest BCUT2D eigenvalue weighted by atomic mass is 15.2. The summed E-state index contributed by atoms with van der Waals surface area (Å²) in [6.07, 6.45) is 2.34. The van der Waals surface area contributed by atoms with E-state index in [0.717, 1.165) is 30.3 Å². The molecule has 3 nitrogen and oxygen atoms in total. The molecule has 19 heavy (non-hydrogen) atoms. The predicted octanol–water partition coefficient (Wildman–Crippen LogP) is 2.98. The van der Waals surface area contributed by atoms with Crippen LogP contribution < -0.4 is 5.73 Å². The summed E-state index contributed by atoms with van der Waals surface area (Å²) in [5, 5.41) is 0. The minimum absolute atomic E-state index is 0.0513. The lowest BCUT2D eigenvalue weighted by atomic mass is 9.90. The Bertz CT molecular complexity index is 389. The van der Waals surface area contributed by atoms with E-state index in [2.05, 4.69) is 49.8 Å². The van der Waals surface area contributed by atoms with E-state index in [1.54, 1.807) is 0 Å². The van der Waals surface area contributed by atoms with Crippen LogP contribution in [0.3, 0.4) is 0 Å². The number of aromatic nitrogens is 1. The van der Waals surface area contributed by atoms with Crippen molar-refractivity contribution < 1.29 is 0 Å². The van der Waals surface area contributed by atoms with Crippen molar-refractivity contribution in [2.45, 2.75) is 52.6 Å². The van der Waals surface area contributed by atoms with E-state index in [1.807, 2.05) is 13.0 Å². The van der Waals surface area contributed by atoms with Crippen LogP contribution in [-0.4, -0.2) is 29.0 Å². The van der Waals surface area contributed by atoms with Crippen molar-refractivity contribution in [1.29, 1.82) is 0 Å². The molecule has 0 radical (unpaired) electrons. The highest BCUT2D eigenvalue weighted by Gasteiger charge is 2.27. The first kappa shape index (κ1) is 16.1. The first-order chi connectivity index (χ1) is 8.87. The van der Waals surface area contributed by atoms with Gasteiger partial charge < -0.3 is 5.73 Å². The molecule has 108 valence electrons. The first-order valence-corrected chi connectivity index (χ1v) is 7.21. The van der Waals surface area contributed by atoms with Crippen molar-refractivity contribution in [3.63, 3.8) is 0 Å². The van der Waals surface area contributed by atoms with Gasteiger partial charge in [0.2, 0.25) is 0 Å². The Morgan fingerprint density at radius 2 is 2.05 bits per heavy atom. The molecular formula is C16H29N3. The smallest absolute Gasteiger partial charge is 0.0547 e. The van der Waals surface area contributed by atoms with Gasteiger partial charge in [-0.3, -0.25) is 9.88 Å². The molecule has 0 bridgehead atoms. The van der Waals surface area contributed by atoms with E-state index in [-0.39, 0.29) is 5.54 Å². The van der Waals surface area contributed by atoms with Gasteiger partial charge in [0.1, 0.15) is 0 Å². The summed E-state index contributed by atoms with van der Waals surface area (Å²) in [4.78, 5) is 6.92. The number of aryl methyl sites for hydroxylation is 1. The topological polar surface area (TPSA) is 42.1 Å². The van der Waals surface area contributed by atoms with Gasteiger partial charge in [0, 0.05) is 24.3 Å². The number of likely N-dealkylation sites (N-methyl/N-ethyl adjacent to an activating group) is 1. The first-order valence-electron chi connectivity index (χ1n) is 7.21. The second-order valence-electron chi connectivity index (χ2n) is 6.26. The van der Waals surface area contributed by atoms with Crippen LogP contribution in [0.15, 0.2) is 18.2 Å². The van der Waals surface area contributed by atoms with Crippen LogP contribution in [0.25, 0.3) is 0 Å². The molecule has 2 N–H and O–H groups in total. The fourth-order valence-electron chi connectivity index (χ4n) is 2.17. The quantitative estimate of drug-likeness (QED) is 0.822. The Morgan fingerprint density at radius 3 is 2.58 bits per heavy atom. The molecule has 0 aliphatic carbocycles. The highest BCUT2D eigenvalue weighted by Crippen LogP contribution is 2.23. The number of pyridine rings is 1. The summed E-state index contributed by atoms with van der Waals surface area (Å²) in [5.74, 6) is 0.719. The highest BCUT2D eigenvalue weighted by molar-refractivity contribution is 5.10. The summed E-state index contributed by atoms with van der Waals surface area (Å²) >= 11 is 0. The minimum atomic E-state index is 0.0513. The molecule has 0 spiro atoms. The van der Waals surface area contributed by atoms with Crippen molar-refractivity contribution in [1.82, 2.24) is 9.88 Å². The summed E-state index contributed by atoms with van der Waals surface area (Å²) in [6, 6.07) is 6.19. The Balaban J connectivity index is 2.70. The predicted molar refractivity (Wildman–Crippen MR) is 82.0 cm³/mol. The van der Waals surface area contributed by atoms with Gasteiger partial charge in [0.05, 0.1) is 5.69 Å². The monoisotopic (exact) mass is 263 g/mol. The lowest BCUT2D eigenvalue weighted by Crippen LogP contribution is -2.49. The van der Waals surface area contributed by atoms with Gasteiger partial charge in [-0.25, -0.2) is 0 Å². The minimum Gasteiger partial charge on any atom is -0.329 e. The number of rotatable bonds is 7. The number of nitrogens with two attached hydrogens (primary N) is 1. The zero-order chi connectivity index (χ0) is 14.5. The molecule has 0 aromatic carbocycles. The summed E-state index contributed by atoms with van der Waals surface area (Å²) in [6.45, 7) is 10.4. The Morgan fingerprint density at radius 1 is 1.37 bits per heavy atom. The van der Waals surface area contributed by atoms with Crippen LogP contribution >= 0.6 is 0 Å². The lowest BCUT2D eigenvalue weighted by Gasteiger charge is -2.38. The molecule has 1 aromatic heterocycles. The van der Waals surface area contributed by atoms with Crippen molar-refractivity contribution in [2.75, 3.05) is 13.6 Å². The van der Waals surface area contributed by atoms with Gasteiger partial charge in [-0.15, -0.1) is 0 Å². The van der Waals surface area contributed by atoms with Crippen LogP contribution in [0.4, 0.5) is 0 Å². The number of nitrogens with zero attached hydrogens (tertiary/aromatic N) is 2. The van der Waals surface area contributed by atoms with Crippen molar-refractivity contribution in [3.05, 3.63) is 29.6 Å². The molecule has 0 amide bonds. The molecule has 1 rings (SSSR count). The molecule has 1 unspecified atom stereocenters. The maximum absolute atomic E-state index is 6.02. The van der Waals surface area contributed by atoms with E-state index in [9.17, 15) is 0 Å². The molecular weight excluding hydrogens is 234 g/mol. The fourth-order valence-corrected chi connectivity index (χ4v) is 2.17. The fraction of sp³-hybridized carbons (Fsp3) is 0.688. The molecule has 1 atom stereocenters. The maximum atomic E-state index is 6.02. The zero-order valence-corrected chi connectivity index (χ0v) is 13.1. The average Bonchev–Trinajstić information content (AvgIpc) is 2.35. The van der Waals surface area contributed by atoms with Gasteiger partial charge in [-0.05, 0) is 51.8 Å². The van der Waals surface area contributed by atoms with Crippen molar-refractivity contribution in [3.8, 4) is 0 Å². The van der Waals surface area contributed by atoms with Gasteiger partial charge in [-0.2, -0.15) is 0 Å². The maximum Gasteiger partial charge on any atom is 0.0547 e. The summed E-state index contributed by atoms with van der Waals surface area (Å²) < 4.78 is 0. The molecule has 1 aromatic rings. The standard InChI is InChI=1S/C16H29N3/c1-13(2)9-10-16(4,12-17)19(5)11-15-8-6-7-14(3)18-15/h6-8,13H,9-12,17H2,1-5H3. The number of hydrogen-bond donors (Lipinski definition) is 1. The van der Waals surface area contributed by atoms with Crippen LogP contribution in [-0.2, 0) is 6.54 Å². The van der Waals surface area contributed by atoms with Gasteiger partial charge >= 0.3 is 0 Å². The van der Waals surface area contributed by atoms with E-state index < -0.39 is 0 Å². The van der Waals surface area contributed by atoms with E-state index in [1.165, 1.54) is 6.42 Å². The van der Waals surface area contributed by atoms with Gasteiger partial charge in [-0.1, -0.05) is 19.9 Å². The third-order valence-corrected chi connectivity index (χ3v) is 3.97. The van der Waals surface area contributed by atoms with E-state index >= 15 is 0 Å². The van der Waals surface area contributed by atoms with Crippen LogP contribution in [0.5, 0.6) is 0 Å². The molecule has 3 heteroatoms. The molecule has 0 saturated heterocycles. The lowest BCUT2D eigenvalue weighted by molar-refractivity contribution is 0.117. The SMILES string of the molecule is Cc1cccc(CN(C)C(C)(CN)CCC(C)C)n1. The molecule has 0 fully saturated rings. The Labute approximate surface area is 118 Å². The normalized spacial score (nSPS) is 14.9. The van der Waals surface area contributed by atoms with Gasteiger partial charge in [0.25, 0.3) is 0 Å². The Hall–Kier alpha value is -0.930. The molecule has 1 heterocycles. The second-order valence-corrected chi connectivity index (χ2v) is 6.26. The molecule has 0 saturated carbocycles. The van der Waals surface area contributed by atoms with Gasteiger partial charge in [0.15, 0.2) is 0 Å². The average molecular weight is 263 g/mol. The molecule has 0 aliphatic rings. The summed E-state index contributed by atoms with van der Waals surface area (Å²) in [5.41, 5.74) is 8.26. The van der Waals surface area contributed by atoms with Crippen molar-refractivity contribution >= 4 is 0 Å². The van der Waals surface area contributed by atoms with Crippen molar-refractivity contribution in [2.24, 2.45) is 11.7 Å².